The van der Waals surface area contributed by atoms with Crippen LogP contribution in [0.1, 0.15) is 17.7 Å². The van der Waals surface area contributed by atoms with E-state index in [-0.39, 0.29) is 0 Å². The molecule has 0 saturated carbocycles. The maximum absolute atomic E-state index is 11.9. The minimum Gasteiger partial charge on any atom is -0.378 e. The number of aliphatic hydroxyl groups excluding tert-OH is 1. The van der Waals surface area contributed by atoms with Gasteiger partial charge in [0.1, 0.15) is 6.23 Å². The van der Waals surface area contributed by atoms with Crippen LogP contribution in [0.5, 0.6) is 0 Å². The van der Waals surface area contributed by atoms with Gasteiger partial charge in [0.2, 0.25) is 10.0 Å². The van der Waals surface area contributed by atoms with Crippen LogP contribution in [0.15, 0.2) is 30.5 Å². The SMILES string of the molecule is CS(=O)(=O)N1CCN(Cc2cc3nc(-c4cccc5nn(CCCC(O)NO)cc45)nc(N4CCOCC4)c3s2)CC1. The number of fused-ring (bicyclic) bond motifs is 2. The van der Waals surface area contributed by atoms with Crippen LogP contribution in [-0.4, -0.2) is 113 Å². The molecule has 1 aromatic carbocycles. The standard InChI is InChI=1S/C27H36N8O5S2/c1-42(38,39)35-10-8-32(9-11-35)17-19-16-23-25(41-19)27(33-12-14-40-15-13-33)29-26(28-23)20-4-2-5-22-21(20)18-34(30-22)7-3-6-24(36)31-37/h2,4-5,16,18,24,31,36-37H,3,6-15,17H2,1H3. The van der Waals surface area contributed by atoms with Crippen molar-refractivity contribution in [1.82, 2.24) is 34.4 Å². The van der Waals surface area contributed by atoms with Gasteiger partial charge in [0.25, 0.3) is 0 Å². The summed E-state index contributed by atoms with van der Waals surface area (Å²) in [5, 5.41) is 24.1. The first-order valence-corrected chi connectivity index (χ1v) is 16.8. The quantitative estimate of drug-likeness (QED) is 0.177. The van der Waals surface area contributed by atoms with Crippen molar-refractivity contribution in [2.75, 3.05) is 63.6 Å². The number of benzene rings is 1. The molecule has 0 radical (unpaired) electrons. The summed E-state index contributed by atoms with van der Waals surface area (Å²) in [6.07, 6.45) is 3.34. The van der Waals surface area contributed by atoms with Crippen molar-refractivity contribution < 1.29 is 23.5 Å². The van der Waals surface area contributed by atoms with Crippen molar-refractivity contribution in [2.45, 2.75) is 32.2 Å². The summed E-state index contributed by atoms with van der Waals surface area (Å²) in [4.78, 5) is 15.9. The van der Waals surface area contributed by atoms with Gasteiger partial charge in [-0.2, -0.15) is 14.9 Å². The van der Waals surface area contributed by atoms with Crippen LogP contribution < -0.4 is 10.4 Å². The topological polar surface area (TPSA) is 149 Å². The molecule has 13 nitrogen and oxygen atoms in total. The second-order valence-electron chi connectivity index (χ2n) is 10.8. The van der Waals surface area contributed by atoms with Crippen molar-refractivity contribution in [3.8, 4) is 11.4 Å². The van der Waals surface area contributed by atoms with Crippen LogP contribution in [-0.2, 0) is 27.8 Å². The van der Waals surface area contributed by atoms with E-state index in [1.807, 2.05) is 34.6 Å². The van der Waals surface area contributed by atoms with E-state index in [4.69, 9.17) is 25.0 Å². The van der Waals surface area contributed by atoms with Gasteiger partial charge in [-0.05, 0) is 25.0 Å². The van der Waals surface area contributed by atoms with Crippen molar-refractivity contribution >= 4 is 48.3 Å². The minimum absolute atomic E-state index is 0.399. The summed E-state index contributed by atoms with van der Waals surface area (Å²) in [6.45, 7) is 6.51. The Balaban J connectivity index is 1.31. The van der Waals surface area contributed by atoms with E-state index in [0.717, 1.165) is 52.1 Å². The van der Waals surface area contributed by atoms with Gasteiger partial charge < -0.3 is 20.0 Å². The molecule has 0 bridgehead atoms. The molecule has 2 saturated heterocycles. The molecule has 1 atom stereocenters. The highest BCUT2D eigenvalue weighted by molar-refractivity contribution is 7.88. The molecule has 3 N–H and O–H groups in total. The summed E-state index contributed by atoms with van der Waals surface area (Å²) in [5.74, 6) is 1.55. The average Bonchev–Trinajstić information content (AvgIpc) is 3.60. The second-order valence-corrected chi connectivity index (χ2v) is 13.9. The number of rotatable bonds is 10. The molecule has 2 aliphatic rings. The Kier molecular flexibility index (Phi) is 8.70. The largest absolute Gasteiger partial charge is 0.378 e. The molecule has 0 spiro atoms. The molecule has 0 amide bonds. The zero-order valence-electron chi connectivity index (χ0n) is 23.5. The maximum Gasteiger partial charge on any atom is 0.211 e. The van der Waals surface area contributed by atoms with E-state index in [2.05, 4.69) is 15.9 Å². The van der Waals surface area contributed by atoms with Crippen molar-refractivity contribution in [3.05, 3.63) is 35.3 Å². The summed E-state index contributed by atoms with van der Waals surface area (Å²) in [5.41, 5.74) is 4.49. The minimum atomic E-state index is -3.17. The fourth-order valence-corrected chi connectivity index (χ4v) is 7.49. The zero-order chi connectivity index (χ0) is 29.3. The third-order valence-corrected chi connectivity index (χ3v) is 10.2. The number of piperazine rings is 1. The number of hydrogen-bond donors (Lipinski definition) is 3. The van der Waals surface area contributed by atoms with Crippen molar-refractivity contribution in [3.63, 3.8) is 0 Å². The molecule has 226 valence electrons. The number of hydroxylamine groups is 1. The third-order valence-electron chi connectivity index (χ3n) is 7.75. The number of sulfonamides is 1. The second kappa shape index (κ2) is 12.5. The number of morpholine rings is 1. The van der Waals surface area contributed by atoms with Gasteiger partial charge in [0, 0.05) is 74.4 Å². The molecule has 3 aromatic heterocycles. The Labute approximate surface area is 248 Å². The number of ether oxygens (including phenoxy) is 1. The molecule has 4 aromatic rings. The molecular formula is C27H36N8O5S2. The molecule has 15 heteroatoms. The lowest BCUT2D eigenvalue weighted by Crippen LogP contribution is -2.47. The predicted octanol–water partition coefficient (Wildman–Crippen LogP) is 1.70. The number of hydrogen-bond acceptors (Lipinski definition) is 12. The van der Waals surface area contributed by atoms with Crippen LogP contribution in [0.2, 0.25) is 0 Å². The van der Waals surface area contributed by atoms with Crippen molar-refractivity contribution in [2.24, 2.45) is 0 Å². The Morgan fingerprint density at radius 3 is 2.62 bits per heavy atom. The summed E-state index contributed by atoms with van der Waals surface area (Å²) in [6, 6.07) is 8.09. The van der Waals surface area contributed by atoms with Crippen LogP contribution >= 0.6 is 11.3 Å². The molecule has 42 heavy (non-hydrogen) atoms. The fourth-order valence-electron chi connectivity index (χ4n) is 5.50. The lowest BCUT2D eigenvalue weighted by Gasteiger charge is -2.32. The Bertz CT molecular complexity index is 1640. The van der Waals surface area contributed by atoms with E-state index in [1.54, 1.807) is 15.6 Å². The van der Waals surface area contributed by atoms with Gasteiger partial charge >= 0.3 is 0 Å². The summed E-state index contributed by atoms with van der Waals surface area (Å²) in [7, 11) is -3.17. The lowest BCUT2D eigenvalue weighted by atomic mass is 10.1. The highest BCUT2D eigenvalue weighted by Crippen LogP contribution is 2.36. The van der Waals surface area contributed by atoms with Crippen LogP contribution in [0.3, 0.4) is 0 Å². The maximum atomic E-state index is 11.9. The first-order chi connectivity index (χ1) is 20.3. The first-order valence-electron chi connectivity index (χ1n) is 14.1. The highest BCUT2D eigenvalue weighted by Gasteiger charge is 2.25. The monoisotopic (exact) mass is 616 g/mol. The van der Waals surface area contributed by atoms with Gasteiger partial charge in [0.15, 0.2) is 11.6 Å². The highest BCUT2D eigenvalue weighted by atomic mass is 32.2. The van der Waals surface area contributed by atoms with E-state index in [1.165, 1.54) is 11.1 Å². The zero-order valence-corrected chi connectivity index (χ0v) is 25.1. The van der Waals surface area contributed by atoms with Gasteiger partial charge in [-0.3, -0.25) is 9.58 Å². The Morgan fingerprint density at radius 1 is 1.10 bits per heavy atom. The summed E-state index contributed by atoms with van der Waals surface area (Å²) >= 11 is 1.70. The van der Waals surface area contributed by atoms with Gasteiger partial charge in [-0.15, -0.1) is 11.3 Å². The fraction of sp³-hybridized carbons (Fsp3) is 0.519. The number of aryl methyl sites for hydroxylation is 1. The van der Waals surface area contributed by atoms with E-state index >= 15 is 0 Å². The molecule has 2 aliphatic heterocycles. The molecule has 0 aliphatic carbocycles. The van der Waals surface area contributed by atoms with Crippen LogP contribution in [0, 0.1) is 0 Å². The molecule has 5 heterocycles. The predicted molar refractivity (Wildman–Crippen MR) is 161 cm³/mol. The Hall–Kier alpha value is -2.76. The number of anilines is 1. The Morgan fingerprint density at radius 2 is 1.88 bits per heavy atom. The van der Waals surface area contributed by atoms with Crippen molar-refractivity contribution in [1.29, 1.82) is 0 Å². The molecule has 6 rings (SSSR count). The number of nitrogens with zero attached hydrogens (tertiary/aromatic N) is 7. The van der Waals surface area contributed by atoms with Gasteiger partial charge in [-0.25, -0.2) is 18.4 Å². The third kappa shape index (κ3) is 6.43. The first kappa shape index (κ1) is 29.3. The average molecular weight is 617 g/mol. The van der Waals surface area contributed by atoms with Gasteiger partial charge in [0.05, 0.1) is 35.2 Å². The van der Waals surface area contributed by atoms with Gasteiger partial charge in [-0.1, -0.05) is 12.1 Å². The number of aromatic nitrogens is 4. The smallest absolute Gasteiger partial charge is 0.211 e. The lowest BCUT2D eigenvalue weighted by molar-refractivity contribution is -0.00428. The van der Waals surface area contributed by atoms with E-state index in [9.17, 15) is 13.5 Å². The molecule has 1 unspecified atom stereocenters. The number of nitrogens with one attached hydrogen (secondary N) is 1. The van der Waals surface area contributed by atoms with E-state index < -0.39 is 16.3 Å². The molecule has 2 fully saturated rings. The van der Waals surface area contributed by atoms with E-state index in [0.29, 0.717) is 64.6 Å². The molecular weight excluding hydrogens is 580 g/mol. The summed E-state index contributed by atoms with van der Waals surface area (Å²) < 4.78 is 33.9. The number of aliphatic hydroxyl groups is 1. The van der Waals surface area contributed by atoms with Crippen LogP contribution in [0.25, 0.3) is 32.5 Å². The number of thiophene rings is 1. The van der Waals surface area contributed by atoms with Crippen LogP contribution in [0.4, 0.5) is 5.82 Å². The normalized spacial score (nSPS) is 18.3.